The van der Waals surface area contributed by atoms with Gasteiger partial charge in [0.2, 0.25) is 0 Å². The molecule has 0 heterocycles. The summed E-state index contributed by atoms with van der Waals surface area (Å²) in [6.07, 6.45) is -0.464. The zero-order chi connectivity index (χ0) is 28.4. The summed E-state index contributed by atoms with van der Waals surface area (Å²) in [6, 6.07) is 15.2. The summed E-state index contributed by atoms with van der Waals surface area (Å²) >= 11 is 0. The van der Waals surface area contributed by atoms with Gasteiger partial charge in [-0.2, -0.15) is 0 Å². The highest BCUT2D eigenvalue weighted by molar-refractivity contribution is 5.93. The molecule has 0 saturated heterocycles. The first kappa shape index (κ1) is 30.6. The van der Waals surface area contributed by atoms with Crippen molar-refractivity contribution in [2.24, 2.45) is 21.7 Å². The Morgan fingerprint density at radius 1 is 0.541 bits per heavy atom. The van der Waals surface area contributed by atoms with Gasteiger partial charge in [-0.1, -0.05) is 119 Å². The quantitative estimate of drug-likeness (QED) is 0.222. The fourth-order valence-corrected chi connectivity index (χ4v) is 6.52. The average Bonchev–Trinajstić information content (AvgIpc) is 2.66. The molecule has 0 saturated carbocycles. The molecule has 0 N–H and O–H groups in total. The Labute approximate surface area is 225 Å². The second-order valence-corrected chi connectivity index (χ2v) is 14.5. The molecule has 2 aromatic rings. The molecule has 204 valence electrons. The number of benzene rings is 2. The summed E-state index contributed by atoms with van der Waals surface area (Å²) in [4.78, 5) is 25.8. The van der Waals surface area contributed by atoms with Crippen LogP contribution in [0.4, 0.5) is 0 Å². The Morgan fingerprint density at radius 3 is 1.08 bits per heavy atom. The lowest BCUT2D eigenvalue weighted by Gasteiger charge is -2.41. The molecule has 37 heavy (non-hydrogen) atoms. The van der Waals surface area contributed by atoms with E-state index in [-0.39, 0.29) is 33.5 Å². The summed E-state index contributed by atoms with van der Waals surface area (Å²) < 4.78 is 11.5. The molecular formula is C33H48O4. The molecule has 0 aliphatic carbocycles. The van der Waals surface area contributed by atoms with Gasteiger partial charge in [-0.15, -0.1) is 0 Å². The number of esters is 2. The van der Waals surface area contributed by atoms with E-state index < -0.39 is 18.4 Å². The third-order valence-electron chi connectivity index (χ3n) is 6.66. The van der Waals surface area contributed by atoms with Gasteiger partial charge in [-0.3, -0.25) is 9.59 Å². The molecule has 0 fully saturated rings. The molecule has 0 aliphatic heterocycles. The molecule has 4 heteroatoms. The van der Waals surface area contributed by atoms with Gasteiger partial charge in [0, 0.05) is 0 Å². The van der Waals surface area contributed by atoms with Crippen LogP contribution >= 0.6 is 0 Å². The number of ether oxygens (including phenoxy) is 2. The molecular weight excluding hydrogens is 460 g/mol. The van der Waals surface area contributed by atoms with E-state index in [9.17, 15) is 9.59 Å². The molecule has 0 aromatic heterocycles. The highest BCUT2D eigenvalue weighted by Gasteiger charge is 2.39. The van der Waals surface area contributed by atoms with Crippen molar-refractivity contribution >= 4 is 11.9 Å². The van der Waals surface area contributed by atoms with Crippen LogP contribution in [0.1, 0.15) is 112 Å². The van der Waals surface area contributed by atoms with Crippen LogP contribution in [0.5, 0.6) is 11.5 Å². The fourth-order valence-electron chi connectivity index (χ4n) is 6.52. The van der Waals surface area contributed by atoms with Crippen molar-refractivity contribution < 1.29 is 19.1 Å². The van der Waals surface area contributed by atoms with Gasteiger partial charge in [0.15, 0.2) is 0 Å². The van der Waals surface area contributed by atoms with Gasteiger partial charge >= 0.3 is 11.9 Å². The molecule has 2 aromatic carbocycles. The first-order valence-corrected chi connectivity index (χ1v) is 13.3. The average molecular weight is 509 g/mol. The SMILES string of the molecule is CC(C)(C)C(c1ccccc1OC(=O)CC(=O)Oc1ccccc1C(C(C)(C)C)C(C)(C)C)C(C)(C)C. The Kier molecular flexibility index (Phi) is 9.11. The zero-order valence-corrected chi connectivity index (χ0v) is 25.1. The second-order valence-electron chi connectivity index (χ2n) is 14.5. The maximum absolute atomic E-state index is 12.9. The first-order chi connectivity index (χ1) is 16.7. The monoisotopic (exact) mass is 508 g/mol. The Morgan fingerprint density at radius 2 is 0.811 bits per heavy atom. The van der Waals surface area contributed by atoms with Crippen LogP contribution in [0.2, 0.25) is 0 Å². The van der Waals surface area contributed by atoms with E-state index in [1.165, 1.54) is 0 Å². The molecule has 0 atom stereocenters. The predicted octanol–water partition coefficient (Wildman–Crippen LogP) is 8.94. The van der Waals surface area contributed by atoms with Crippen molar-refractivity contribution in [3.63, 3.8) is 0 Å². The summed E-state index contributed by atoms with van der Waals surface area (Å²) in [5.41, 5.74) is 1.71. The van der Waals surface area contributed by atoms with E-state index in [1.54, 1.807) is 12.1 Å². The summed E-state index contributed by atoms with van der Waals surface area (Å²) in [5, 5.41) is 0. The van der Waals surface area contributed by atoms with Crippen molar-refractivity contribution in [2.45, 2.75) is 101 Å². The van der Waals surface area contributed by atoms with Crippen LogP contribution in [0.3, 0.4) is 0 Å². The molecule has 0 radical (unpaired) electrons. The highest BCUT2D eigenvalue weighted by Crippen LogP contribution is 2.51. The standard InChI is InChI=1S/C33H48O4/c1-30(2,3)28(31(4,5)6)22-17-13-15-19-24(22)36-26(34)21-27(35)37-25-20-16-14-18-23(25)29(32(7,8)9)33(10,11)12/h13-20,28-29H,21H2,1-12H3. The van der Waals surface area contributed by atoms with Gasteiger partial charge in [0.1, 0.15) is 17.9 Å². The van der Waals surface area contributed by atoms with Crippen LogP contribution in [-0.4, -0.2) is 11.9 Å². The molecule has 4 nitrogen and oxygen atoms in total. The lowest BCUT2D eigenvalue weighted by molar-refractivity contribution is -0.144. The maximum atomic E-state index is 12.9. The predicted molar refractivity (Wildman–Crippen MR) is 152 cm³/mol. The van der Waals surface area contributed by atoms with Gasteiger partial charge in [-0.05, 0) is 56.8 Å². The van der Waals surface area contributed by atoms with Gasteiger partial charge in [0.25, 0.3) is 0 Å². The van der Waals surface area contributed by atoms with Crippen LogP contribution < -0.4 is 9.47 Å². The molecule has 0 spiro atoms. The van der Waals surface area contributed by atoms with Crippen molar-refractivity contribution in [3.8, 4) is 11.5 Å². The summed E-state index contributed by atoms with van der Waals surface area (Å²) in [7, 11) is 0. The molecule has 0 aliphatic rings. The third-order valence-corrected chi connectivity index (χ3v) is 6.66. The normalized spacial score (nSPS) is 13.1. The highest BCUT2D eigenvalue weighted by atomic mass is 16.6. The van der Waals surface area contributed by atoms with E-state index in [0.29, 0.717) is 11.5 Å². The number of hydrogen-bond donors (Lipinski definition) is 0. The van der Waals surface area contributed by atoms with Crippen LogP contribution in [0.25, 0.3) is 0 Å². The zero-order valence-electron chi connectivity index (χ0n) is 25.1. The van der Waals surface area contributed by atoms with Crippen molar-refractivity contribution in [1.29, 1.82) is 0 Å². The minimum absolute atomic E-state index is 0.0555. The van der Waals surface area contributed by atoms with E-state index in [2.05, 4.69) is 83.1 Å². The lowest BCUT2D eigenvalue weighted by atomic mass is 9.63. The van der Waals surface area contributed by atoms with Crippen LogP contribution in [-0.2, 0) is 9.59 Å². The summed E-state index contributed by atoms with van der Waals surface area (Å²) in [6.45, 7) is 26.3. The van der Waals surface area contributed by atoms with Gasteiger partial charge in [-0.25, -0.2) is 0 Å². The first-order valence-electron chi connectivity index (χ1n) is 13.3. The maximum Gasteiger partial charge on any atom is 0.322 e. The second kappa shape index (κ2) is 11.0. The van der Waals surface area contributed by atoms with Crippen molar-refractivity contribution in [2.75, 3.05) is 0 Å². The molecule has 0 bridgehead atoms. The Hall–Kier alpha value is -2.62. The minimum Gasteiger partial charge on any atom is -0.426 e. The van der Waals surface area contributed by atoms with E-state index >= 15 is 0 Å². The van der Waals surface area contributed by atoms with Gasteiger partial charge < -0.3 is 9.47 Å². The fraction of sp³-hybridized carbons (Fsp3) is 0.576. The number of para-hydroxylation sites is 2. The van der Waals surface area contributed by atoms with Crippen molar-refractivity contribution in [3.05, 3.63) is 59.7 Å². The van der Waals surface area contributed by atoms with E-state index in [1.807, 2.05) is 36.4 Å². The number of hydrogen-bond acceptors (Lipinski definition) is 4. The van der Waals surface area contributed by atoms with E-state index in [0.717, 1.165) is 11.1 Å². The van der Waals surface area contributed by atoms with Crippen LogP contribution in [0, 0.1) is 21.7 Å². The summed E-state index contributed by atoms with van der Waals surface area (Å²) in [5.74, 6) is 0.00987. The number of carbonyl (C=O) groups excluding carboxylic acids is 2. The third kappa shape index (κ3) is 8.18. The Bertz CT molecular complexity index is 969. The minimum atomic E-state index is -0.625. The smallest absolute Gasteiger partial charge is 0.322 e. The molecule has 0 amide bonds. The van der Waals surface area contributed by atoms with Crippen molar-refractivity contribution in [1.82, 2.24) is 0 Å². The molecule has 0 unspecified atom stereocenters. The van der Waals surface area contributed by atoms with E-state index in [4.69, 9.17) is 9.47 Å². The largest absolute Gasteiger partial charge is 0.426 e. The lowest BCUT2D eigenvalue weighted by Crippen LogP contribution is -2.31. The molecule has 2 rings (SSSR count). The topological polar surface area (TPSA) is 52.6 Å². The number of carbonyl (C=O) groups is 2. The Balaban J connectivity index is 2.27. The van der Waals surface area contributed by atoms with Crippen LogP contribution in [0.15, 0.2) is 48.5 Å². The van der Waals surface area contributed by atoms with Gasteiger partial charge in [0.05, 0.1) is 0 Å². The number of rotatable bonds is 6.